The highest BCUT2D eigenvalue weighted by Gasteiger charge is 2.20. The number of nitrogens with one attached hydrogen (secondary N) is 1. The minimum absolute atomic E-state index is 0.600. The second-order valence-corrected chi connectivity index (χ2v) is 5.93. The highest BCUT2D eigenvalue weighted by Crippen LogP contribution is 2.38. The van der Waals surface area contributed by atoms with Gasteiger partial charge < -0.3 is 14.8 Å². The molecule has 1 aliphatic rings. The fourth-order valence-electron chi connectivity index (χ4n) is 2.73. The maximum absolute atomic E-state index is 5.44. The Balaban J connectivity index is 2.13. The standard InChI is InChI=1S/C15H23BrN2O2/c1-17-12-5-4-8-18(10-12)9-11-6-7-13(19-2)15(20-3)14(11)16/h6-7,12,17H,4-5,8-10H2,1-3H3. The van der Waals surface area contributed by atoms with Crippen LogP contribution in [0.3, 0.4) is 0 Å². The van der Waals surface area contributed by atoms with Crippen LogP contribution in [0, 0.1) is 0 Å². The predicted octanol–water partition coefficient (Wildman–Crippen LogP) is 2.65. The third-order valence-corrected chi connectivity index (χ3v) is 4.74. The third-order valence-electron chi connectivity index (χ3n) is 3.87. The number of piperidine rings is 1. The summed E-state index contributed by atoms with van der Waals surface area (Å²) in [5.41, 5.74) is 1.24. The fraction of sp³-hybridized carbons (Fsp3) is 0.600. The summed E-state index contributed by atoms with van der Waals surface area (Å²) in [6.07, 6.45) is 2.51. The molecule has 20 heavy (non-hydrogen) atoms. The Hall–Kier alpha value is -0.780. The zero-order chi connectivity index (χ0) is 14.5. The molecule has 2 rings (SSSR count). The molecule has 1 unspecified atom stereocenters. The number of hydrogen-bond acceptors (Lipinski definition) is 4. The van der Waals surface area contributed by atoms with E-state index in [2.05, 4.69) is 32.2 Å². The summed E-state index contributed by atoms with van der Waals surface area (Å²) in [5.74, 6) is 1.53. The number of likely N-dealkylation sites (N-methyl/N-ethyl adjacent to an activating group) is 1. The van der Waals surface area contributed by atoms with E-state index in [9.17, 15) is 0 Å². The van der Waals surface area contributed by atoms with Crippen LogP contribution in [0.2, 0.25) is 0 Å². The van der Waals surface area contributed by atoms with E-state index in [1.54, 1.807) is 14.2 Å². The van der Waals surface area contributed by atoms with Gasteiger partial charge >= 0.3 is 0 Å². The molecule has 0 amide bonds. The molecule has 1 N–H and O–H groups in total. The summed E-state index contributed by atoms with van der Waals surface area (Å²) in [7, 11) is 5.37. The Morgan fingerprint density at radius 3 is 2.80 bits per heavy atom. The van der Waals surface area contributed by atoms with Gasteiger partial charge in [0.15, 0.2) is 11.5 Å². The van der Waals surface area contributed by atoms with Gasteiger partial charge in [-0.3, -0.25) is 4.90 Å². The van der Waals surface area contributed by atoms with Crippen molar-refractivity contribution in [3.05, 3.63) is 22.2 Å². The highest BCUT2D eigenvalue weighted by atomic mass is 79.9. The second-order valence-electron chi connectivity index (χ2n) is 5.14. The maximum atomic E-state index is 5.44. The van der Waals surface area contributed by atoms with Gasteiger partial charge in [0, 0.05) is 19.1 Å². The number of ether oxygens (including phenoxy) is 2. The van der Waals surface area contributed by atoms with Crippen molar-refractivity contribution in [3.8, 4) is 11.5 Å². The van der Waals surface area contributed by atoms with E-state index >= 15 is 0 Å². The van der Waals surface area contributed by atoms with E-state index in [0.29, 0.717) is 6.04 Å². The first-order chi connectivity index (χ1) is 9.69. The quantitative estimate of drug-likeness (QED) is 0.891. The summed E-state index contributed by atoms with van der Waals surface area (Å²) in [4.78, 5) is 2.48. The first kappa shape index (κ1) is 15.6. The van der Waals surface area contributed by atoms with E-state index in [-0.39, 0.29) is 0 Å². The molecule has 1 atom stereocenters. The SMILES string of the molecule is CNC1CCCN(Cc2ccc(OC)c(OC)c2Br)C1. The maximum Gasteiger partial charge on any atom is 0.175 e. The average Bonchev–Trinajstić information content (AvgIpc) is 2.49. The molecule has 1 saturated heterocycles. The molecule has 1 aromatic carbocycles. The molecule has 1 heterocycles. The second kappa shape index (κ2) is 7.29. The molecule has 0 bridgehead atoms. The van der Waals surface area contributed by atoms with Gasteiger partial charge in [0.05, 0.1) is 18.7 Å². The fourth-order valence-corrected chi connectivity index (χ4v) is 3.34. The Bertz CT molecular complexity index is 454. The third kappa shape index (κ3) is 3.45. The molecule has 1 aromatic rings. The lowest BCUT2D eigenvalue weighted by molar-refractivity contribution is 0.187. The van der Waals surface area contributed by atoms with Crippen molar-refractivity contribution < 1.29 is 9.47 Å². The molecular formula is C15H23BrN2O2. The lowest BCUT2D eigenvalue weighted by atomic mass is 10.0. The van der Waals surface area contributed by atoms with Crippen molar-refractivity contribution in [1.82, 2.24) is 10.2 Å². The minimum Gasteiger partial charge on any atom is -0.493 e. The molecule has 0 aromatic heterocycles. The van der Waals surface area contributed by atoms with E-state index in [4.69, 9.17) is 9.47 Å². The van der Waals surface area contributed by atoms with Crippen LogP contribution in [0.25, 0.3) is 0 Å². The summed E-state index contributed by atoms with van der Waals surface area (Å²) >= 11 is 3.64. The van der Waals surface area contributed by atoms with Crippen molar-refractivity contribution >= 4 is 15.9 Å². The van der Waals surface area contributed by atoms with Gasteiger partial charge in [-0.1, -0.05) is 6.07 Å². The molecule has 4 nitrogen and oxygen atoms in total. The van der Waals surface area contributed by atoms with Crippen LogP contribution in [0.5, 0.6) is 11.5 Å². The first-order valence-corrected chi connectivity index (χ1v) is 7.77. The lowest BCUT2D eigenvalue weighted by Crippen LogP contribution is -2.43. The Labute approximate surface area is 129 Å². The van der Waals surface area contributed by atoms with Crippen molar-refractivity contribution in [3.63, 3.8) is 0 Å². The Morgan fingerprint density at radius 1 is 1.35 bits per heavy atom. The number of halogens is 1. The van der Waals surface area contributed by atoms with Crippen LogP contribution in [0.4, 0.5) is 0 Å². The van der Waals surface area contributed by atoms with Gasteiger partial charge in [-0.25, -0.2) is 0 Å². The first-order valence-electron chi connectivity index (χ1n) is 6.98. The number of rotatable bonds is 5. The predicted molar refractivity (Wildman–Crippen MR) is 84.6 cm³/mol. The van der Waals surface area contributed by atoms with Crippen LogP contribution < -0.4 is 14.8 Å². The number of methoxy groups -OCH3 is 2. The molecule has 112 valence electrons. The van der Waals surface area contributed by atoms with Gasteiger partial charge in [-0.2, -0.15) is 0 Å². The average molecular weight is 343 g/mol. The summed E-state index contributed by atoms with van der Waals surface area (Å²) in [6, 6.07) is 4.68. The number of benzene rings is 1. The van der Waals surface area contributed by atoms with Gasteiger partial charge in [-0.15, -0.1) is 0 Å². The zero-order valence-electron chi connectivity index (χ0n) is 12.4. The van der Waals surface area contributed by atoms with Crippen molar-refractivity contribution in [2.24, 2.45) is 0 Å². The van der Waals surface area contributed by atoms with E-state index in [1.165, 1.54) is 18.4 Å². The Kier molecular flexibility index (Phi) is 5.69. The molecule has 5 heteroatoms. The van der Waals surface area contributed by atoms with E-state index in [1.807, 2.05) is 13.1 Å². The highest BCUT2D eigenvalue weighted by molar-refractivity contribution is 9.10. The minimum atomic E-state index is 0.600. The van der Waals surface area contributed by atoms with Crippen molar-refractivity contribution in [2.45, 2.75) is 25.4 Å². The van der Waals surface area contributed by atoms with Crippen LogP contribution in [-0.2, 0) is 6.54 Å². The van der Waals surface area contributed by atoms with Gasteiger partial charge in [0.2, 0.25) is 0 Å². The largest absolute Gasteiger partial charge is 0.493 e. The van der Waals surface area contributed by atoms with Gasteiger partial charge in [0.25, 0.3) is 0 Å². The summed E-state index contributed by atoms with van der Waals surface area (Å²) in [5, 5.41) is 3.38. The number of hydrogen-bond donors (Lipinski definition) is 1. The lowest BCUT2D eigenvalue weighted by Gasteiger charge is -2.32. The van der Waals surface area contributed by atoms with Gasteiger partial charge in [0.1, 0.15) is 0 Å². The zero-order valence-corrected chi connectivity index (χ0v) is 14.0. The van der Waals surface area contributed by atoms with Crippen LogP contribution >= 0.6 is 15.9 Å². The molecule has 0 spiro atoms. The summed E-state index contributed by atoms with van der Waals surface area (Å²) in [6.45, 7) is 3.18. The smallest absolute Gasteiger partial charge is 0.175 e. The normalized spacial score (nSPS) is 19.9. The van der Waals surface area contributed by atoms with Crippen LogP contribution in [-0.4, -0.2) is 45.3 Å². The van der Waals surface area contributed by atoms with Gasteiger partial charge in [-0.05, 0) is 54.0 Å². The van der Waals surface area contributed by atoms with Crippen molar-refractivity contribution in [1.29, 1.82) is 0 Å². The molecule has 0 aliphatic carbocycles. The molecular weight excluding hydrogens is 320 g/mol. The summed E-state index contributed by atoms with van der Waals surface area (Å²) < 4.78 is 11.7. The molecule has 0 saturated carbocycles. The Morgan fingerprint density at radius 2 is 2.15 bits per heavy atom. The molecule has 1 aliphatic heterocycles. The van der Waals surface area contributed by atoms with Crippen LogP contribution in [0.1, 0.15) is 18.4 Å². The number of likely N-dealkylation sites (tertiary alicyclic amines) is 1. The molecule has 0 radical (unpaired) electrons. The topological polar surface area (TPSA) is 33.7 Å². The monoisotopic (exact) mass is 342 g/mol. The number of nitrogens with zero attached hydrogens (tertiary/aromatic N) is 1. The van der Waals surface area contributed by atoms with Crippen molar-refractivity contribution in [2.75, 3.05) is 34.4 Å². The van der Waals surface area contributed by atoms with E-state index in [0.717, 1.165) is 35.6 Å². The van der Waals surface area contributed by atoms with Crippen LogP contribution in [0.15, 0.2) is 16.6 Å². The van der Waals surface area contributed by atoms with E-state index < -0.39 is 0 Å². The molecule has 1 fully saturated rings.